The van der Waals surface area contributed by atoms with Crippen LogP contribution >= 0.6 is 11.3 Å². The molecule has 2 aromatic heterocycles. The Morgan fingerprint density at radius 2 is 2.35 bits per heavy atom. The number of carbonyl (C=O) groups is 1. The van der Waals surface area contributed by atoms with Crippen LogP contribution in [0.15, 0.2) is 12.4 Å². The second-order valence-corrected chi connectivity index (χ2v) is 5.12. The fourth-order valence-corrected chi connectivity index (χ4v) is 2.57. The molecule has 0 aliphatic carbocycles. The predicted molar refractivity (Wildman–Crippen MR) is 74.0 cm³/mol. The Morgan fingerprint density at radius 1 is 1.60 bits per heavy atom. The molecule has 0 bridgehead atoms. The standard InChI is InChI=1S/C11H12N4O4S/c1-2-3-7(11(16)17)14-9-6-4-8(15(18)19)20-10(6)13-5-12-9/h4-5,7H,2-3H2,1H3,(H,16,17)(H,12,13,14). The Labute approximate surface area is 117 Å². The first-order valence-corrected chi connectivity index (χ1v) is 6.72. The SMILES string of the molecule is CCCC(Nc1ncnc2sc([N+](=O)[O-])cc12)C(=O)O. The van der Waals surface area contributed by atoms with Crippen molar-refractivity contribution in [1.29, 1.82) is 0 Å². The first-order chi connectivity index (χ1) is 9.52. The molecule has 0 saturated carbocycles. The van der Waals surface area contributed by atoms with Gasteiger partial charge in [-0.2, -0.15) is 0 Å². The van der Waals surface area contributed by atoms with Crippen LogP contribution in [-0.2, 0) is 4.79 Å². The summed E-state index contributed by atoms with van der Waals surface area (Å²) in [5, 5.41) is 23.1. The van der Waals surface area contributed by atoms with Gasteiger partial charge in [0.2, 0.25) is 0 Å². The van der Waals surface area contributed by atoms with E-state index in [4.69, 9.17) is 5.11 Å². The van der Waals surface area contributed by atoms with Gasteiger partial charge in [0.05, 0.1) is 10.3 Å². The van der Waals surface area contributed by atoms with Crippen LogP contribution in [0, 0.1) is 10.1 Å². The highest BCUT2D eigenvalue weighted by atomic mass is 32.1. The van der Waals surface area contributed by atoms with Crippen molar-refractivity contribution in [3.8, 4) is 0 Å². The molecule has 2 heterocycles. The summed E-state index contributed by atoms with van der Waals surface area (Å²) in [5.74, 6) is -0.677. The highest BCUT2D eigenvalue weighted by Gasteiger charge is 2.20. The molecule has 0 saturated heterocycles. The summed E-state index contributed by atoms with van der Waals surface area (Å²) in [7, 11) is 0. The van der Waals surface area contributed by atoms with Crippen LogP contribution in [0.25, 0.3) is 10.2 Å². The van der Waals surface area contributed by atoms with Crippen LogP contribution in [-0.4, -0.2) is 32.0 Å². The summed E-state index contributed by atoms with van der Waals surface area (Å²) >= 11 is 0.931. The van der Waals surface area contributed by atoms with Crippen LogP contribution in [0.4, 0.5) is 10.8 Å². The number of aromatic nitrogens is 2. The number of carboxylic acids is 1. The number of nitrogens with zero attached hydrogens (tertiary/aromatic N) is 3. The molecule has 1 unspecified atom stereocenters. The maximum absolute atomic E-state index is 11.1. The number of carboxylic acid groups (broad SMARTS) is 1. The summed E-state index contributed by atoms with van der Waals surface area (Å²) in [5.41, 5.74) is 0. The lowest BCUT2D eigenvalue weighted by Gasteiger charge is -2.14. The highest BCUT2D eigenvalue weighted by Crippen LogP contribution is 2.33. The molecule has 8 nitrogen and oxygen atoms in total. The van der Waals surface area contributed by atoms with Gasteiger partial charge in [0, 0.05) is 6.07 Å². The van der Waals surface area contributed by atoms with Gasteiger partial charge in [-0.05, 0) is 17.8 Å². The fraction of sp³-hybridized carbons (Fsp3) is 0.364. The van der Waals surface area contributed by atoms with Crippen molar-refractivity contribution in [1.82, 2.24) is 9.97 Å². The minimum atomic E-state index is -0.983. The number of nitrogens with one attached hydrogen (secondary N) is 1. The van der Waals surface area contributed by atoms with Gasteiger partial charge < -0.3 is 10.4 Å². The van der Waals surface area contributed by atoms with E-state index in [-0.39, 0.29) is 5.00 Å². The van der Waals surface area contributed by atoms with Gasteiger partial charge in [0.1, 0.15) is 23.0 Å². The number of anilines is 1. The molecule has 0 spiro atoms. The van der Waals surface area contributed by atoms with Crippen LogP contribution in [0.1, 0.15) is 19.8 Å². The van der Waals surface area contributed by atoms with E-state index in [9.17, 15) is 14.9 Å². The fourth-order valence-electron chi connectivity index (χ4n) is 1.76. The molecule has 20 heavy (non-hydrogen) atoms. The third-order valence-electron chi connectivity index (χ3n) is 2.68. The molecule has 0 radical (unpaired) electrons. The van der Waals surface area contributed by atoms with E-state index in [2.05, 4.69) is 15.3 Å². The molecule has 2 N–H and O–H groups in total. The zero-order valence-corrected chi connectivity index (χ0v) is 11.4. The van der Waals surface area contributed by atoms with Crippen molar-refractivity contribution in [2.24, 2.45) is 0 Å². The number of thiophene rings is 1. The lowest BCUT2D eigenvalue weighted by Crippen LogP contribution is -2.29. The molecule has 9 heteroatoms. The van der Waals surface area contributed by atoms with Crippen molar-refractivity contribution in [2.75, 3.05) is 5.32 Å². The zero-order valence-electron chi connectivity index (χ0n) is 10.6. The number of nitro groups is 1. The van der Waals surface area contributed by atoms with Gasteiger partial charge in [0.25, 0.3) is 0 Å². The highest BCUT2D eigenvalue weighted by molar-refractivity contribution is 7.21. The quantitative estimate of drug-likeness (QED) is 0.620. The molecule has 0 fully saturated rings. The number of rotatable bonds is 6. The Balaban J connectivity index is 2.38. The monoisotopic (exact) mass is 296 g/mol. The smallest absolute Gasteiger partial charge is 0.326 e. The summed E-state index contributed by atoms with van der Waals surface area (Å²) in [4.78, 5) is 29.8. The van der Waals surface area contributed by atoms with Gasteiger partial charge in [-0.1, -0.05) is 13.3 Å². The van der Waals surface area contributed by atoms with E-state index in [1.54, 1.807) is 0 Å². The Bertz CT molecular complexity index is 657. The minimum Gasteiger partial charge on any atom is -0.480 e. The maximum Gasteiger partial charge on any atom is 0.326 e. The van der Waals surface area contributed by atoms with Crippen molar-refractivity contribution >= 4 is 38.3 Å². The predicted octanol–water partition coefficient (Wildman–Crippen LogP) is 2.26. The topological polar surface area (TPSA) is 118 Å². The summed E-state index contributed by atoms with van der Waals surface area (Å²) in [6.07, 6.45) is 2.39. The van der Waals surface area contributed by atoms with Gasteiger partial charge >= 0.3 is 11.0 Å². The van der Waals surface area contributed by atoms with E-state index in [0.29, 0.717) is 28.9 Å². The molecule has 0 aromatic carbocycles. The van der Waals surface area contributed by atoms with Gasteiger partial charge in [-0.25, -0.2) is 14.8 Å². The first kappa shape index (κ1) is 14.1. The molecule has 0 amide bonds. The molecular weight excluding hydrogens is 284 g/mol. The Morgan fingerprint density at radius 3 is 2.95 bits per heavy atom. The van der Waals surface area contributed by atoms with Crippen molar-refractivity contribution in [3.63, 3.8) is 0 Å². The number of fused-ring (bicyclic) bond motifs is 1. The lowest BCUT2D eigenvalue weighted by atomic mass is 10.1. The van der Waals surface area contributed by atoms with Crippen LogP contribution < -0.4 is 5.32 Å². The second-order valence-electron chi connectivity index (χ2n) is 4.11. The number of hydrogen-bond donors (Lipinski definition) is 2. The molecule has 106 valence electrons. The molecule has 0 aliphatic heterocycles. The van der Waals surface area contributed by atoms with Gasteiger partial charge in [0.15, 0.2) is 0 Å². The molecular formula is C11H12N4O4S. The van der Waals surface area contributed by atoms with Crippen LogP contribution in [0.3, 0.4) is 0 Å². The van der Waals surface area contributed by atoms with Gasteiger partial charge in [-0.3, -0.25) is 10.1 Å². The van der Waals surface area contributed by atoms with Crippen LogP contribution in [0.2, 0.25) is 0 Å². The van der Waals surface area contributed by atoms with E-state index >= 15 is 0 Å². The summed E-state index contributed by atoms with van der Waals surface area (Å²) in [6.45, 7) is 1.88. The Hall–Kier alpha value is -2.29. The van der Waals surface area contributed by atoms with E-state index < -0.39 is 16.9 Å². The zero-order chi connectivity index (χ0) is 14.7. The average molecular weight is 296 g/mol. The summed E-state index contributed by atoms with van der Waals surface area (Å²) < 4.78 is 0. The maximum atomic E-state index is 11.1. The molecule has 2 rings (SSSR count). The average Bonchev–Trinajstić information content (AvgIpc) is 2.83. The summed E-state index contributed by atoms with van der Waals surface area (Å²) in [6, 6.07) is 0.574. The third-order valence-corrected chi connectivity index (χ3v) is 3.68. The minimum absolute atomic E-state index is 0.0501. The van der Waals surface area contributed by atoms with E-state index in [0.717, 1.165) is 11.3 Å². The van der Waals surface area contributed by atoms with E-state index in [1.165, 1.54) is 12.4 Å². The van der Waals surface area contributed by atoms with Crippen molar-refractivity contribution in [2.45, 2.75) is 25.8 Å². The molecule has 1 atom stereocenters. The lowest BCUT2D eigenvalue weighted by molar-refractivity contribution is -0.380. The largest absolute Gasteiger partial charge is 0.480 e. The van der Waals surface area contributed by atoms with Gasteiger partial charge in [-0.15, -0.1) is 0 Å². The first-order valence-electron chi connectivity index (χ1n) is 5.91. The molecule has 2 aromatic rings. The molecule has 0 aliphatic rings. The second kappa shape index (κ2) is 5.78. The van der Waals surface area contributed by atoms with E-state index in [1.807, 2.05) is 6.92 Å². The number of hydrogen-bond acceptors (Lipinski definition) is 7. The third kappa shape index (κ3) is 2.82. The normalized spacial score (nSPS) is 12.2. The van der Waals surface area contributed by atoms with Crippen molar-refractivity contribution in [3.05, 3.63) is 22.5 Å². The van der Waals surface area contributed by atoms with Crippen molar-refractivity contribution < 1.29 is 14.8 Å². The van der Waals surface area contributed by atoms with Crippen LogP contribution in [0.5, 0.6) is 0 Å². The number of aliphatic carboxylic acids is 1. The Kier molecular flexibility index (Phi) is 4.08.